The molecule has 0 bridgehead atoms. The fourth-order valence-corrected chi connectivity index (χ4v) is 4.02. The van der Waals surface area contributed by atoms with Gasteiger partial charge in [-0.2, -0.15) is 0 Å². The number of anilines is 2. The van der Waals surface area contributed by atoms with Crippen LogP contribution >= 0.6 is 0 Å². The summed E-state index contributed by atoms with van der Waals surface area (Å²) >= 11 is 0. The van der Waals surface area contributed by atoms with Gasteiger partial charge in [-0.15, -0.1) is 0 Å². The molecule has 0 spiro atoms. The number of amides is 2. The predicted molar refractivity (Wildman–Crippen MR) is 120 cm³/mol. The Morgan fingerprint density at radius 1 is 0.871 bits per heavy atom. The smallest absolute Gasteiger partial charge is 0.294 e. The van der Waals surface area contributed by atoms with E-state index in [2.05, 4.69) is 13.8 Å². The Kier molecular flexibility index (Phi) is 5.72. The van der Waals surface area contributed by atoms with Crippen LogP contribution in [0.1, 0.15) is 60.3 Å². The Balaban J connectivity index is 1.76. The molecule has 2 amide bonds. The molecular weight excluding hydrogens is 392 g/mol. The predicted octanol–water partition coefficient (Wildman–Crippen LogP) is 5.33. The van der Waals surface area contributed by atoms with Crippen molar-refractivity contribution in [1.29, 1.82) is 0 Å². The zero-order valence-electron chi connectivity index (χ0n) is 18.4. The van der Waals surface area contributed by atoms with Gasteiger partial charge in [-0.3, -0.25) is 14.5 Å². The van der Waals surface area contributed by atoms with Gasteiger partial charge in [0.1, 0.15) is 11.5 Å². The van der Waals surface area contributed by atoms with Gasteiger partial charge in [0.25, 0.3) is 11.8 Å². The summed E-state index contributed by atoms with van der Waals surface area (Å²) in [6, 6.07) is 14.4. The van der Waals surface area contributed by atoms with Crippen molar-refractivity contribution < 1.29 is 18.4 Å². The average Bonchev–Trinajstić information content (AvgIpc) is 3.46. The monoisotopic (exact) mass is 420 g/mol. The Hall–Kier alpha value is -3.28. The molecule has 4 rings (SSSR count). The van der Waals surface area contributed by atoms with Gasteiger partial charge in [0.15, 0.2) is 11.5 Å². The third-order valence-corrected chi connectivity index (χ3v) is 5.81. The summed E-state index contributed by atoms with van der Waals surface area (Å²) in [7, 11) is 0. The summed E-state index contributed by atoms with van der Waals surface area (Å²) in [5.74, 6) is 1.91. The van der Waals surface area contributed by atoms with Crippen LogP contribution in [0.25, 0.3) is 0 Å². The van der Waals surface area contributed by atoms with E-state index in [9.17, 15) is 9.59 Å². The van der Waals surface area contributed by atoms with Crippen LogP contribution in [0.2, 0.25) is 0 Å². The molecule has 0 saturated carbocycles. The summed E-state index contributed by atoms with van der Waals surface area (Å²) in [5.41, 5.74) is 1.39. The van der Waals surface area contributed by atoms with Gasteiger partial charge >= 0.3 is 0 Å². The number of hydrogen-bond donors (Lipinski definition) is 0. The van der Waals surface area contributed by atoms with Gasteiger partial charge in [-0.25, -0.2) is 0 Å². The van der Waals surface area contributed by atoms with E-state index < -0.39 is 0 Å². The fraction of sp³-hybridized carbons (Fsp3) is 0.360. The van der Waals surface area contributed by atoms with Crippen molar-refractivity contribution in [1.82, 2.24) is 0 Å². The summed E-state index contributed by atoms with van der Waals surface area (Å²) in [5, 5.41) is 0. The molecule has 0 unspecified atom stereocenters. The molecule has 0 N–H and O–H groups in total. The number of furan rings is 2. The Morgan fingerprint density at radius 3 is 1.94 bits per heavy atom. The molecule has 3 heterocycles. The molecule has 0 fully saturated rings. The van der Waals surface area contributed by atoms with Crippen LogP contribution in [0.5, 0.6) is 0 Å². The van der Waals surface area contributed by atoms with Crippen molar-refractivity contribution in [2.45, 2.75) is 46.6 Å². The lowest BCUT2D eigenvalue weighted by Crippen LogP contribution is -2.55. The van der Waals surface area contributed by atoms with Crippen LogP contribution in [0.4, 0.5) is 11.4 Å². The van der Waals surface area contributed by atoms with E-state index >= 15 is 0 Å². The number of nitrogens with zero attached hydrogens (tertiary/aromatic N) is 2. The lowest BCUT2D eigenvalue weighted by atomic mass is 9.96. The SMILES string of the molecule is CCc1ccc(C(=O)N2C[C@@H](C(C)C)N(C(=O)c3ccc(CC)o3)c3ccccc32)o1. The minimum atomic E-state index is -0.206. The molecular formula is C25H28N2O4. The second-order valence-electron chi connectivity index (χ2n) is 8.13. The maximum Gasteiger partial charge on any atom is 0.294 e. The number of aryl methyl sites for hydroxylation is 2. The third kappa shape index (κ3) is 3.78. The van der Waals surface area contributed by atoms with Crippen molar-refractivity contribution in [3.8, 4) is 0 Å². The van der Waals surface area contributed by atoms with Gasteiger partial charge in [0.05, 0.1) is 17.4 Å². The molecule has 1 aliphatic rings. The lowest BCUT2D eigenvalue weighted by molar-refractivity contribution is 0.0915. The summed E-state index contributed by atoms with van der Waals surface area (Å²) < 4.78 is 11.5. The lowest BCUT2D eigenvalue weighted by Gasteiger charge is -2.43. The average molecular weight is 421 g/mol. The maximum atomic E-state index is 13.5. The Morgan fingerprint density at radius 2 is 1.42 bits per heavy atom. The van der Waals surface area contributed by atoms with E-state index in [-0.39, 0.29) is 23.8 Å². The highest BCUT2D eigenvalue weighted by atomic mass is 16.4. The minimum absolute atomic E-state index is 0.121. The van der Waals surface area contributed by atoms with Crippen molar-refractivity contribution in [2.24, 2.45) is 5.92 Å². The summed E-state index contributed by atoms with van der Waals surface area (Å²) in [6.45, 7) is 8.47. The van der Waals surface area contributed by atoms with Gasteiger partial charge in [0.2, 0.25) is 0 Å². The first-order valence-corrected chi connectivity index (χ1v) is 10.9. The molecule has 1 atom stereocenters. The topological polar surface area (TPSA) is 66.9 Å². The highest BCUT2D eigenvalue weighted by molar-refractivity contribution is 6.12. The first-order chi connectivity index (χ1) is 14.9. The molecule has 3 aromatic rings. The van der Waals surface area contributed by atoms with Gasteiger partial charge in [0, 0.05) is 19.4 Å². The highest BCUT2D eigenvalue weighted by Gasteiger charge is 2.40. The molecule has 2 aromatic heterocycles. The van der Waals surface area contributed by atoms with E-state index in [4.69, 9.17) is 8.83 Å². The number of carbonyl (C=O) groups excluding carboxylic acids is 2. The van der Waals surface area contributed by atoms with E-state index in [0.29, 0.717) is 29.4 Å². The van der Waals surface area contributed by atoms with Gasteiger partial charge in [-0.1, -0.05) is 39.8 Å². The van der Waals surface area contributed by atoms with E-state index in [0.717, 1.165) is 24.4 Å². The first-order valence-electron chi connectivity index (χ1n) is 10.9. The number of para-hydroxylation sites is 2. The highest BCUT2D eigenvalue weighted by Crippen LogP contribution is 2.39. The number of benzene rings is 1. The molecule has 1 aromatic carbocycles. The van der Waals surface area contributed by atoms with E-state index in [1.807, 2.05) is 50.2 Å². The maximum absolute atomic E-state index is 13.5. The molecule has 162 valence electrons. The van der Waals surface area contributed by atoms with Crippen molar-refractivity contribution in [3.63, 3.8) is 0 Å². The first kappa shape index (κ1) is 21.0. The van der Waals surface area contributed by atoms with Crippen LogP contribution < -0.4 is 9.80 Å². The second kappa shape index (κ2) is 8.46. The second-order valence-corrected chi connectivity index (χ2v) is 8.13. The molecule has 31 heavy (non-hydrogen) atoms. The molecule has 1 aliphatic heterocycles. The van der Waals surface area contributed by atoms with Crippen molar-refractivity contribution >= 4 is 23.2 Å². The normalized spacial score (nSPS) is 16.0. The number of carbonyl (C=O) groups is 2. The largest absolute Gasteiger partial charge is 0.456 e. The van der Waals surface area contributed by atoms with Crippen LogP contribution in [0.15, 0.2) is 57.4 Å². The molecule has 6 nitrogen and oxygen atoms in total. The quantitative estimate of drug-likeness (QED) is 0.560. The standard InChI is InChI=1S/C25H28N2O4/c1-5-17-11-13-22(30-17)24(28)26-15-21(16(3)4)27(20-10-8-7-9-19(20)26)25(29)23-14-12-18(6-2)31-23/h7-14,16,21H,5-6,15H2,1-4H3/t21-/m0/s1. The number of rotatable bonds is 5. The van der Waals surface area contributed by atoms with Crippen LogP contribution in [0, 0.1) is 5.92 Å². The summed E-state index contributed by atoms with van der Waals surface area (Å²) in [4.78, 5) is 30.4. The molecule has 0 saturated heterocycles. The Labute approximate surface area is 182 Å². The van der Waals surface area contributed by atoms with E-state index in [1.54, 1.807) is 21.9 Å². The van der Waals surface area contributed by atoms with E-state index in [1.165, 1.54) is 0 Å². The zero-order valence-corrected chi connectivity index (χ0v) is 18.4. The number of fused-ring (bicyclic) bond motifs is 1. The van der Waals surface area contributed by atoms with Crippen LogP contribution in [-0.2, 0) is 12.8 Å². The van der Waals surface area contributed by atoms with Crippen LogP contribution in [0.3, 0.4) is 0 Å². The molecule has 0 radical (unpaired) electrons. The van der Waals surface area contributed by atoms with Crippen molar-refractivity contribution in [2.75, 3.05) is 16.3 Å². The molecule has 6 heteroatoms. The van der Waals surface area contributed by atoms with Crippen LogP contribution in [-0.4, -0.2) is 24.4 Å². The third-order valence-electron chi connectivity index (χ3n) is 5.81. The Bertz CT molecular complexity index is 1090. The van der Waals surface area contributed by atoms with Gasteiger partial charge < -0.3 is 13.7 Å². The summed E-state index contributed by atoms with van der Waals surface area (Å²) in [6.07, 6.45) is 1.45. The molecule has 0 aliphatic carbocycles. The van der Waals surface area contributed by atoms with Gasteiger partial charge in [-0.05, 0) is 42.3 Å². The van der Waals surface area contributed by atoms with Crippen molar-refractivity contribution in [3.05, 3.63) is 71.6 Å². The minimum Gasteiger partial charge on any atom is -0.456 e. The number of hydrogen-bond acceptors (Lipinski definition) is 4. The zero-order chi connectivity index (χ0) is 22.1. The fourth-order valence-electron chi connectivity index (χ4n) is 4.02.